The van der Waals surface area contributed by atoms with Gasteiger partial charge in [-0.15, -0.1) is 0 Å². The molecule has 0 radical (unpaired) electrons. The first-order chi connectivity index (χ1) is 7.33. The van der Waals surface area contributed by atoms with Crippen molar-refractivity contribution in [2.24, 2.45) is 0 Å². The predicted octanol–water partition coefficient (Wildman–Crippen LogP) is 3.00. The van der Waals surface area contributed by atoms with Crippen LogP contribution in [0, 0.1) is 0 Å². The molecule has 15 heavy (non-hydrogen) atoms. The normalized spacial score (nSPS) is 10.5. The third kappa shape index (κ3) is 2.10. The van der Waals surface area contributed by atoms with Gasteiger partial charge in [0.1, 0.15) is 18.1 Å². The highest BCUT2D eigenvalue weighted by Crippen LogP contribution is 2.23. The highest BCUT2D eigenvalue weighted by Gasteiger charge is 2.03. The van der Waals surface area contributed by atoms with E-state index in [4.69, 9.17) is 9.52 Å². The average Bonchev–Trinajstić information content (AvgIpc) is 2.78. The van der Waals surface area contributed by atoms with Crippen molar-refractivity contribution in [1.82, 2.24) is 0 Å². The lowest BCUT2D eigenvalue weighted by Gasteiger charge is -2.00. The summed E-state index contributed by atoms with van der Waals surface area (Å²) in [7, 11) is 0. The van der Waals surface area contributed by atoms with Gasteiger partial charge in [-0.1, -0.05) is 25.1 Å². The number of hydrogen-bond donors (Lipinski definition) is 1. The molecule has 2 nitrogen and oxygen atoms in total. The van der Waals surface area contributed by atoms with E-state index < -0.39 is 0 Å². The van der Waals surface area contributed by atoms with Crippen LogP contribution in [0.5, 0.6) is 0 Å². The minimum Gasteiger partial charge on any atom is -0.459 e. The summed E-state index contributed by atoms with van der Waals surface area (Å²) >= 11 is 0. The van der Waals surface area contributed by atoms with Crippen LogP contribution in [0.2, 0.25) is 0 Å². The van der Waals surface area contributed by atoms with Gasteiger partial charge in [-0.25, -0.2) is 0 Å². The van der Waals surface area contributed by atoms with Crippen molar-refractivity contribution in [3.63, 3.8) is 0 Å². The molecule has 0 aliphatic heterocycles. The molecule has 0 atom stereocenters. The van der Waals surface area contributed by atoms with Crippen LogP contribution in [0.4, 0.5) is 0 Å². The van der Waals surface area contributed by atoms with Crippen molar-refractivity contribution in [2.45, 2.75) is 20.0 Å². The largest absolute Gasteiger partial charge is 0.459 e. The fourth-order valence-electron chi connectivity index (χ4n) is 1.56. The molecular formula is C13H14O2. The number of aryl methyl sites for hydroxylation is 1. The van der Waals surface area contributed by atoms with Gasteiger partial charge < -0.3 is 9.52 Å². The number of aliphatic hydroxyl groups excluding tert-OH is 1. The molecule has 0 saturated heterocycles. The van der Waals surface area contributed by atoms with Gasteiger partial charge in [-0.05, 0) is 30.2 Å². The zero-order chi connectivity index (χ0) is 10.7. The molecule has 0 bridgehead atoms. The molecule has 0 aliphatic rings. The van der Waals surface area contributed by atoms with Gasteiger partial charge in [0, 0.05) is 5.56 Å². The highest BCUT2D eigenvalue weighted by molar-refractivity contribution is 5.58. The first-order valence-electron chi connectivity index (χ1n) is 5.12. The number of hydrogen-bond acceptors (Lipinski definition) is 2. The summed E-state index contributed by atoms with van der Waals surface area (Å²) in [5.74, 6) is 1.42. The van der Waals surface area contributed by atoms with Crippen molar-refractivity contribution in [3.05, 3.63) is 47.7 Å². The Morgan fingerprint density at radius 1 is 1.20 bits per heavy atom. The van der Waals surface area contributed by atoms with E-state index in [9.17, 15) is 0 Å². The van der Waals surface area contributed by atoms with Crippen LogP contribution >= 0.6 is 0 Å². The lowest BCUT2D eigenvalue weighted by Crippen LogP contribution is -1.81. The van der Waals surface area contributed by atoms with Gasteiger partial charge in [0.15, 0.2) is 0 Å². The zero-order valence-electron chi connectivity index (χ0n) is 8.73. The lowest BCUT2D eigenvalue weighted by atomic mass is 10.1. The fraction of sp³-hybridized carbons (Fsp3) is 0.231. The summed E-state index contributed by atoms with van der Waals surface area (Å²) < 4.78 is 5.47. The molecular weight excluding hydrogens is 188 g/mol. The number of benzene rings is 1. The van der Waals surface area contributed by atoms with Gasteiger partial charge in [0.2, 0.25) is 0 Å². The smallest absolute Gasteiger partial charge is 0.134 e. The minimum absolute atomic E-state index is 0.0481. The maximum absolute atomic E-state index is 8.90. The van der Waals surface area contributed by atoms with E-state index in [1.165, 1.54) is 5.56 Å². The molecule has 0 unspecified atom stereocenters. The average molecular weight is 202 g/mol. The molecule has 0 fully saturated rings. The second kappa shape index (κ2) is 4.32. The van der Waals surface area contributed by atoms with E-state index in [0.717, 1.165) is 17.7 Å². The van der Waals surface area contributed by atoms with Crippen LogP contribution < -0.4 is 0 Å². The fourth-order valence-corrected chi connectivity index (χ4v) is 1.56. The van der Waals surface area contributed by atoms with Crippen LogP contribution in [-0.4, -0.2) is 5.11 Å². The maximum Gasteiger partial charge on any atom is 0.134 e. The third-order valence-corrected chi connectivity index (χ3v) is 2.44. The SMILES string of the molecule is CCc1cccc(-c2ccc(CO)o2)c1. The molecule has 0 saturated carbocycles. The van der Waals surface area contributed by atoms with Crippen molar-refractivity contribution in [2.75, 3.05) is 0 Å². The summed E-state index contributed by atoms with van der Waals surface area (Å²) in [4.78, 5) is 0. The first kappa shape index (κ1) is 9.99. The van der Waals surface area contributed by atoms with E-state index in [1.54, 1.807) is 6.07 Å². The van der Waals surface area contributed by atoms with Crippen molar-refractivity contribution >= 4 is 0 Å². The minimum atomic E-state index is -0.0481. The summed E-state index contributed by atoms with van der Waals surface area (Å²) in [5.41, 5.74) is 2.35. The van der Waals surface area contributed by atoms with Crippen molar-refractivity contribution in [3.8, 4) is 11.3 Å². The Balaban J connectivity index is 2.35. The molecule has 2 aromatic rings. The highest BCUT2D eigenvalue weighted by atomic mass is 16.4. The summed E-state index contributed by atoms with van der Waals surface area (Å²) in [6.07, 6.45) is 1.02. The summed E-state index contributed by atoms with van der Waals surface area (Å²) in [6, 6.07) is 11.9. The van der Waals surface area contributed by atoms with Crippen molar-refractivity contribution < 1.29 is 9.52 Å². The Bertz CT molecular complexity index is 443. The Morgan fingerprint density at radius 3 is 2.73 bits per heavy atom. The molecule has 1 aromatic heterocycles. The molecule has 2 heteroatoms. The van der Waals surface area contributed by atoms with Gasteiger partial charge in [0.25, 0.3) is 0 Å². The number of aliphatic hydroxyl groups is 1. The standard InChI is InChI=1S/C13H14O2/c1-2-10-4-3-5-11(8-10)13-7-6-12(9-14)15-13/h3-8,14H,2,9H2,1H3. The maximum atomic E-state index is 8.90. The van der Waals surface area contributed by atoms with E-state index in [0.29, 0.717) is 5.76 Å². The Hall–Kier alpha value is -1.54. The van der Waals surface area contributed by atoms with Gasteiger partial charge >= 0.3 is 0 Å². The Labute approximate surface area is 89.2 Å². The topological polar surface area (TPSA) is 33.4 Å². The molecule has 0 spiro atoms. The van der Waals surface area contributed by atoms with Gasteiger partial charge in [-0.3, -0.25) is 0 Å². The van der Waals surface area contributed by atoms with E-state index in [2.05, 4.69) is 19.1 Å². The van der Waals surface area contributed by atoms with Crippen LogP contribution in [0.15, 0.2) is 40.8 Å². The molecule has 0 amide bonds. The van der Waals surface area contributed by atoms with Gasteiger partial charge in [-0.2, -0.15) is 0 Å². The van der Waals surface area contributed by atoms with Crippen LogP contribution in [0.25, 0.3) is 11.3 Å². The summed E-state index contributed by atoms with van der Waals surface area (Å²) in [6.45, 7) is 2.08. The Morgan fingerprint density at radius 2 is 2.07 bits per heavy atom. The van der Waals surface area contributed by atoms with Crippen LogP contribution in [0.3, 0.4) is 0 Å². The van der Waals surface area contributed by atoms with E-state index in [-0.39, 0.29) is 6.61 Å². The monoisotopic (exact) mass is 202 g/mol. The van der Waals surface area contributed by atoms with Crippen LogP contribution in [-0.2, 0) is 13.0 Å². The molecule has 1 N–H and O–H groups in total. The second-order valence-corrected chi connectivity index (χ2v) is 3.48. The zero-order valence-corrected chi connectivity index (χ0v) is 8.73. The molecule has 1 aromatic carbocycles. The van der Waals surface area contributed by atoms with E-state index >= 15 is 0 Å². The third-order valence-electron chi connectivity index (χ3n) is 2.44. The second-order valence-electron chi connectivity index (χ2n) is 3.48. The summed E-state index contributed by atoms with van der Waals surface area (Å²) in [5, 5.41) is 8.90. The Kier molecular flexibility index (Phi) is 2.88. The number of rotatable bonds is 3. The van der Waals surface area contributed by atoms with E-state index in [1.807, 2.05) is 18.2 Å². The molecule has 78 valence electrons. The first-order valence-corrected chi connectivity index (χ1v) is 5.12. The van der Waals surface area contributed by atoms with Crippen molar-refractivity contribution in [1.29, 1.82) is 0 Å². The molecule has 0 aliphatic carbocycles. The molecule has 2 rings (SSSR count). The quantitative estimate of drug-likeness (QED) is 0.830. The van der Waals surface area contributed by atoms with Crippen LogP contribution in [0.1, 0.15) is 18.2 Å². The molecule has 1 heterocycles. The number of furan rings is 1. The van der Waals surface area contributed by atoms with Gasteiger partial charge in [0.05, 0.1) is 0 Å². The predicted molar refractivity (Wildman–Crippen MR) is 59.4 cm³/mol. The lowest BCUT2D eigenvalue weighted by molar-refractivity contribution is 0.248.